The van der Waals surface area contributed by atoms with Crippen molar-refractivity contribution in [2.24, 2.45) is 11.7 Å². The maximum absolute atomic E-state index is 13.8. The highest BCUT2D eigenvalue weighted by Crippen LogP contribution is 2.23. The van der Waals surface area contributed by atoms with Crippen LogP contribution in [0.15, 0.2) is 42.6 Å². The zero-order valence-electron chi connectivity index (χ0n) is 14.4. The molecule has 8 heteroatoms. The van der Waals surface area contributed by atoms with Gasteiger partial charge in [-0.3, -0.25) is 9.59 Å². The van der Waals surface area contributed by atoms with E-state index in [1.54, 1.807) is 23.0 Å². The summed E-state index contributed by atoms with van der Waals surface area (Å²) in [5, 5.41) is 11.0. The van der Waals surface area contributed by atoms with E-state index >= 15 is 0 Å². The molecule has 1 aliphatic heterocycles. The zero-order valence-corrected chi connectivity index (χ0v) is 14.4. The predicted octanol–water partition coefficient (Wildman–Crippen LogP) is 1.35. The van der Waals surface area contributed by atoms with E-state index in [9.17, 15) is 14.0 Å². The van der Waals surface area contributed by atoms with Crippen LogP contribution in [-0.2, 0) is 16.0 Å². The molecule has 2 amide bonds. The van der Waals surface area contributed by atoms with Crippen molar-refractivity contribution < 1.29 is 14.0 Å². The summed E-state index contributed by atoms with van der Waals surface area (Å²) in [6.07, 6.45) is 1.61. The number of fused-ring (bicyclic) bond motifs is 1. The predicted molar refractivity (Wildman–Crippen MR) is 98.9 cm³/mol. The van der Waals surface area contributed by atoms with Gasteiger partial charge >= 0.3 is 0 Å². The molecule has 2 heterocycles. The molecule has 2 aromatic carbocycles. The van der Waals surface area contributed by atoms with Crippen molar-refractivity contribution in [2.45, 2.75) is 6.42 Å². The Morgan fingerprint density at radius 3 is 2.63 bits per heavy atom. The molecular weight excluding hydrogens is 349 g/mol. The number of anilines is 1. The van der Waals surface area contributed by atoms with Crippen molar-refractivity contribution in [3.05, 3.63) is 54.0 Å². The van der Waals surface area contributed by atoms with Crippen molar-refractivity contribution in [1.29, 1.82) is 0 Å². The molecule has 0 unspecified atom stereocenters. The van der Waals surface area contributed by atoms with Gasteiger partial charge in [0.1, 0.15) is 5.82 Å². The van der Waals surface area contributed by atoms with Gasteiger partial charge in [-0.1, -0.05) is 0 Å². The number of halogens is 1. The molecule has 1 aromatic heterocycles. The van der Waals surface area contributed by atoms with Crippen LogP contribution in [0, 0.1) is 11.7 Å². The van der Waals surface area contributed by atoms with E-state index < -0.39 is 11.7 Å². The second kappa shape index (κ2) is 6.81. The van der Waals surface area contributed by atoms with Crippen LogP contribution in [0.1, 0.15) is 5.56 Å². The Hall–Kier alpha value is -3.26. The first-order chi connectivity index (χ1) is 13.0. The smallest absolute Gasteiger partial charge is 0.230 e. The fourth-order valence-corrected chi connectivity index (χ4v) is 3.04. The number of nitrogens with one attached hydrogen (secondary N) is 2. The molecule has 0 radical (unpaired) electrons. The standard InChI is InChI=1S/C19H18FN5O2/c20-14-5-11(7-17(21)26)18-12(6-14)10-25(24-18)16-3-1-15(2-4-16)23-19(27)13-8-22-9-13/h1-6,10,13,22H,7-9H2,(H2,21,26)(H,23,27). The Balaban J connectivity index is 1.60. The van der Waals surface area contributed by atoms with E-state index in [1.807, 2.05) is 12.1 Å². The highest BCUT2D eigenvalue weighted by atomic mass is 19.1. The summed E-state index contributed by atoms with van der Waals surface area (Å²) in [5.74, 6) is -0.974. The Morgan fingerprint density at radius 2 is 2.00 bits per heavy atom. The maximum atomic E-state index is 13.8. The molecule has 4 N–H and O–H groups in total. The minimum atomic E-state index is -0.543. The molecule has 3 aromatic rings. The van der Waals surface area contributed by atoms with Crippen LogP contribution in [0.3, 0.4) is 0 Å². The SMILES string of the molecule is NC(=O)Cc1cc(F)cc2cn(-c3ccc(NC(=O)C4CNC4)cc3)nc12. The third-order valence-electron chi connectivity index (χ3n) is 4.57. The van der Waals surface area contributed by atoms with Gasteiger partial charge in [0.15, 0.2) is 0 Å². The lowest BCUT2D eigenvalue weighted by molar-refractivity contribution is -0.121. The number of benzene rings is 2. The van der Waals surface area contributed by atoms with Crippen LogP contribution in [0.4, 0.5) is 10.1 Å². The number of carbonyl (C=O) groups excluding carboxylic acids is 2. The summed E-state index contributed by atoms with van der Waals surface area (Å²) in [4.78, 5) is 23.2. The first kappa shape index (κ1) is 17.2. The van der Waals surface area contributed by atoms with Gasteiger partial charge in [-0.25, -0.2) is 9.07 Å². The van der Waals surface area contributed by atoms with Crippen LogP contribution < -0.4 is 16.4 Å². The van der Waals surface area contributed by atoms with Crippen LogP contribution >= 0.6 is 0 Å². The van der Waals surface area contributed by atoms with E-state index in [4.69, 9.17) is 5.73 Å². The number of hydrogen-bond donors (Lipinski definition) is 3. The third kappa shape index (κ3) is 3.52. The lowest BCUT2D eigenvalue weighted by Crippen LogP contribution is -2.48. The highest BCUT2D eigenvalue weighted by Gasteiger charge is 2.24. The first-order valence-electron chi connectivity index (χ1n) is 8.58. The summed E-state index contributed by atoms with van der Waals surface area (Å²) in [6, 6.07) is 9.84. The van der Waals surface area contributed by atoms with Gasteiger partial charge in [-0.15, -0.1) is 0 Å². The number of nitrogens with two attached hydrogens (primary N) is 1. The third-order valence-corrected chi connectivity index (χ3v) is 4.57. The Bertz CT molecular complexity index is 1020. The van der Waals surface area contributed by atoms with Crippen molar-refractivity contribution in [2.75, 3.05) is 18.4 Å². The molecule has 1 saturated heterocycles. The van der Waals surface area contributed by atoms with Crippen molar-refractivity contribution in [3.63, 3.8) is 0 Å². The number of rotatable bonds is 5. The zero-order chi connectivity index (χ0) is 19.0. The van der Waals surface area contributed by atoms with E-state index in [2.05, 4.69) is 15.7 Å². The number of aromatic nitrogens is 2. The van der Waals surface area contributed by atoms with Crippen molar-refractivity contribution >= 4 is 28.4 Å². The van der Waals surface area contributed by atoms with Crippen LogP contribution in [0.2, 0.25) is 0 Å². The number of carbonyl (C=O) groups is 2. The molecule has 4 rings (SSSR count). The summed E-state index contributed by atoms with van der Waals surface area (Å²) >= 11 is 0. The minimum Gasteiger partial charge on any atom is -0.369 e. The summed E-state index contributed by atoms with van der Waals surface area (Å²) in [6.45, 7) is 1.40. The molecule has 0 atom stereocenters. The Labute approximate surface area is 154 Å². The number of nitrogens with zero attached hydrogens (tertiary/aromatic N) is 2. The Morgan fingerprint density at radius 1 is 1.26 bits per heavy atom. The first-order valence-corrected chi connectivity index (χ1v) is 8.58. The van der Waals surface area contributed by atoms with E-state index in [1.165, 1.54) is 12.1 Å². The van der Waals surface area contributed by atoms with Crippen LogP contribution in [0.5, 0.6) is 0 Å². The average Bonchev–Trinajstić information content (AvgIpc) is 2.97. The van der Waals surface area contributed by atoms with Gasteiger partial charge in [-0.05, 0) is 42.0 Å². The number of amides is 2. The molecule has 0 spiro atoms. The molecule has 0 aliphatic carbocycles. The van der Waals surface area contributed by atoms with E-state index in [-0.39, 0.29) is 18.2 Å². The molecule has 1 fully saturated rings. The van der Waals surface area contributed by atoms with Gasteiger partial charge in [0, 0.05) is 30.4 Å². The van der Waals surface area contributed by atoms with Gasteiger partial charge in [0.05, 0.1) is 23.5 Å². The second-order valence-electron chi connectivity index (χ2n) is 6.61. The largest absolute Gasteiger partial charge is 0.369 e. The van der Waals surface area contributed by atoms with Gasteiger partial charge < -0.3 is 16.4 Å². The van der Waals surface area contributed by atoms with Gasteiger partial charge in [0.2, 0.25) is 11.8 Å². The lowest BCUT2D eigenvalue weighted by Gasteiger charge is -2.25. The molecule has 0 bridgehead atoms. The quantitative estimate of drug-likeness (QED) is 0.633. The van der Waals surface area contributed by atoms with E-state index in [0.29, 0.717) is 35.2 Å². The molecule has 27 heavy (non-hydrogen) atoms. The fraction of sp³-hybridized carbons (Fsp3) is 0.211. The number of hydrogen-bond acceptors (Lipinski definition) is 4. The monoisotopic (exact) mass is 367 g/mol. The summed E-state index contributed by atoms with van der Waals surface area (Å²) in [5.41, 5.74) is 7.68. The van der Waals surface area contributed by atoms with Crippen LogP contribution in [0.25, 0.3) is 16.6 Å². The minimum absolute atomic E-state index is 0.00195. The highest BCUT2D eigenvalue weighted by molar-refractivity contribution is 5.93. The Kier molecular flexibility index (Phi) is 4.33. The van der Waals surface area contributed by atoms with Gasteiger partial charge in [-0.2, -0.15) is 5.10 Å². The van der Waals surface area contributed by atoms with Crippen LogP contribution in [-0.4, -0.2) is 34.7 Å². The average molecular weight is 367 g/mol. The van der Waals surface area contributed by atoms with E-state index in [0.717, 1.165) is 5.69 Å². The molecule has 1 aliphatic rings. The van der Waals surface area contributed by atoms with Gasteiger partial charge in [0.25, 0.3) is 0 Å². The van der Waals surface area contributed by atoms with Crippen molar-refractivity contribution in [1.82, 2.24) is 15.1 Å². The summed E-state index contributed by atoms with van der Waals surface area (Å²) in [7, 11) is 0. The fourth-order valence-electron chi connectivity index (χ4n) is 3.04. The second-order valence-corrected chi connectivity index (χ2v) is 6.61. The molecule has 0 saturated carbocycles. The molecular formula is C19H18FN5O2. The number of primary amides is 1. The topological polar surface area (TPSA) is 102 Å². The maximum Gasteiger partial charge on any atom is 0.230 e. The lowest BCUT2D eigenvalue weighted by atomic mass is 10.0. The molecule has 7 nitrogen and oxygen atoms in total. The van der Waals surface area contributed by atoms with Crippen molar-refractivity contribution in [3.8, 4) is 5.69 Å². The normalized spacial score (nSPS) is 14.1. The summed E-state index contributed by atoms with van der Waals surface area (Å²) < 4.78 is 15.4. The molecule has 138 valence electrons.